The quantitative estimate of drug-likeness (QED) is 0.595. The number of hydrogen-bond acceptors (Lipinski definition) is 4. The highest BCUT2D eigenvalue weighted by Crippen LogP contribution is 2.18. The van der Waals surface area contributed by atoms with Crippen LogP contribution in [-0.4, -0.2) is 21.8 Å². The highest BCUT2D eigenvalue weighted by atomic mass is 32.2. The summed E-state index contributed by atoms with van der Waals surface area (Å²) in [5.41, 5.74) is 0.619. The van der Waals surface area contributed by atoms with Gasteiger partial charge in [0.2, 0.25) is 0 Å². The highest BCUT2D eigenvalue weighted by molar-refractivity contribution is 7.99. The van der Waals surface area contributed by atoms with Gasteiger partial charge in [0.25, 0.3) is 0 Å². The Morgan fingerprint density at radius 1 is 1.47 bits per heavy atom. The van der Waals surface area contributed by atoms with E-state index in [1.807, 2.05) is 0 Å². The van der Waals surface area contributed by atoms with E-state index < -0.39 is 5.97 Å². The van der Waals surface area contributed by atoms with Crippen LogP contribution in [-0.2, 0) is 4.79 Å². The van der Waals surface area contributed by atoms with Gasteiger partial charge in [-0.1, -0.05) is 6.42 Å². The fourth-order valence-electron chi connectivity index (χ4n) is 1.29. The molecule has 4 nitrogen and oxygen atoms in total. The van der Waals surface area contributed by atoms with Crippen molar-refractivity contribution < 1.29 is 9.90 Å². The molecule has 0 aromatic carbocycles. The van der Waals surface area contributed by atoms with E-state index in [1.54, 1.807) is 30.1 Å². The summed E-state index contributed by atoms with van der Waals surface area (Å²) in [4.78, 5) is 14.4. The molecule has 90 valence electrons. The minimum Gasteiger partial charge on any atom is -0.481 e. The maximum absolute atomic E-state index is 10.3. The summed E-state index contributed by atoms with van der Waals surface area (Å²) in [7, 11) is 0. The van der Waals surface area contributed by atoms with Crippen molar-refractivity contribution in [2.45, 2.75) is 30.7 Å². The van der Waals surface area contributed by atoms with Crippen LogP contribution in [0.2, 0.25) is 0 Å². The third-order valence-electron chi connectivity index (χ3n) is 2.15. The number of pyridine rings is 1. The van der Waals surface area contributed by atoms with Crippen molar-refractivity contribution in [2.75, 3.05) is 5.75 Å². The van der Waals surface area contributed by atoms with Crippen LogP contribution in [0.1, 0.15) is 31.2 Å². The predicted molar refractivity (Wildman–Crippen MR) is 65.8 cm³/mol. The van der Waals surface area contributed by atoms with Crippen LogP contribution in [0, 0.1) is 11.3 Å². The largest absolute Gasteiger partial charge is 0.481 e. The van der Waals surface area contributed by atoms with Crippen LogP contribution in [0.3, 0.4) is 0 Å². The summed E-state index contributed by atoms with van der Waals surface area (Å²) in [6.07, 6.45) is 4.48. The topological polar surface area (TPSA) is 74.0 Å². The Kier molecular flexibility index (Phi) is 6.12. The third-order valence-corrected chi connectivity index (χ3v) is 3.16. The minimum absolute atomic E-state index is 0.243. The average molecular weight is 250 g/mol. The first-order valence-electron chi connectivity index (χ1n) is 5.43. The van der Waals surface area contributed by atoms with Gasteiger partial charge in [0.1, 0.15) is 0 Å². The second-order valence-electron chi connectivity index (χ2n) is 3.55. The number of aliphatic carboxylic acids is 1. The minimum atomic E-state index is -0.735. The molecular formula is C12H14N2O2S. The van der Waals surface area contributed by atoms with Crippen molar-refractivity contribution in [3.63, 3.8) is 0 Å². The average Bonchev–Trinajstić information content (AvgIpc) is 2.33. The Bertz CT molecular complexity index is 415. The van der Waals surface area contributed by atoms with Crippen LogP contribution >= 0.6 is 11.8 Å². The maximum atomic E-state index is 10.3. The van der Waals surface area contributed by atoms with Crippen molar-refractivity contribution in [3.05, 3.63) is 23.9 Å². The Morgan fingerprint density at radius 3 is 3.00 bits per heavy atom. The smallest absolute Gasteiger partial charge is 0.303 e. The zero-order chi connectivity index (χ0) is 12.5. The molecule has 0 atom stereocenters. The van der Waals surface area contributed by atoms with E-state index in [9.17, 15) is 4.79 Å². The van der Waals surface area contributed by atoms with Gasteiger partial charge >= 0.3 is 5.97 Å². The molecule has 0 aliphatic heterocycles. The molecule has 0 aliphatic carbocycles. The molecule has 0 spiro atoms. The fourth-order valence-corrected chi connectivity index (χ4v) is 2.19. The number of carboxylic acids is 1. The molecule has 1 N–H and O–H groups in total. The van der Waals surface area contributed by atoms with Crippen molar-refractivity contribution in [1.82, 2.24) is 4.98 Å². The second-order valence-corrected chi connectivity index (χ2v) is 4.66. The molecule has 0 aliphatic rings. The SMILES string of the molecule is N#Cc1ccnc(SCCCCCC(=O)O)c1. The number of nitriles is 1. The molecule has 0 fully saturated rings. The van der Waals surface area contributed by atoms with Gasteiger partial charge < -0.3 is 5.11 Å². The lowest BCUT2D eigenvalue weighted by atomic mass is 10.2. The first kappa shape index (κ1) is 13.5. The molecular weight excluding hydrogens is 236 g/mol. The van der Waals surface area contributed by atoms with E-state index in [2.05, 4.69) is 11.1 Å². The zero-order valence-electron chi connectivity index (χ0n) is 9.43. The third kappa shape index (κ3) is 5.93. The van der Waals surface area contributed by atoms with E-state index in [-0.39, 0.29) is 6.42 Å². The molecule has 0 saturated heterocycles. The summed E-state index contributed by atoms with van der Waals surface area (Å²) >= 11 is 1.60. The number of unbranched alkanes of at least 4 members (excludes halogenated alkanes) is 2. The molecule has 0 bridgehead atoms. The zero-order valence-corrected chi connectivity index (χ0v) is 10.2. The van der Waals surface area contributed by atoms with Crippen molar-refractivity contribution in [3.8, 4) is 6.07 Å². The number of hydrogen-bond donors (Lipinski definition) is 1. The summed E-state index contributed by atoms with van der Waals surface area (Å²) < 4.78 is 0. The number of rotatable bonds is 7. The van der Waals surface area contributed by atoms with Gasteiger partial charge in [0.05, 0.1) is 16.7 Å². The number of thioether (sulfide) groups is 1. The van der Waals surface area contributed by atoms with Gasteiger partial charge in [0, 0.05) is 12.6 Å². The van der Waals surface area contributed by atoms with Gasteiger partial charge in [-0.15, -0.1) is 11.8 Å². The maximum Gasteiger partial charge on any atom is 0.303 e. The van der Waals surface area contributed by atoms with Crippen LogP contribution < -0.4 is 0 Å². The van der Waals surface area contributed by atoms with Gasteiger partial charge in [-0.25, -0.2) is 4.98 Å². The summed E-state index contributed by atoms with van der Waals surface area (Å²) in [5.74, 6) is 0.169. The Balaban J connectivity index is 2.18. The van der Waals surface area contributed by atoms with Crippen LogP contribution in [0.25, 0.3) is 0 Å². The lowest BCUT2D eigenvalue weighted by molar-refractivity contribution is -0.137. The molecule has 0 radical (unpaired) electrons. The number of nitrogens with zero attached hydrogens (tertiary/aromatic N) is 2. The molecule has 0 unspecified atom stereocenters. The first-order chi connectivity index (χ1) is 8.22. The lowest BCUT2D eigenvalue weighted by Gasteiger charge is -2.00. The molecule has 17 heavy (non-hydrogen) atoms. The molecule has 0 saturated carbocycles. The van der Waals surface area contributed by atoms with E-state index in [4.69, 9.17) is 10.4 Å². The molecule has 5 heteroatoms. The van der Waals surface area contributed by atoms with Gasteiger partial charge in [-0.05, 0) is 30.7 Å². The van der Waals surface area contributed by atoms with E-state index in [0.29, 0.717) is 5.56 Å². The first-order valence-corrected chi connectivity index (χ1v) is 6.41. The standard InChI is InChI=1S/C12H14N2O2S/c13-9-10-5-6-14-11(8-10)17-7-3-1-2-4-12(15)16/h5-6,8H,1-4,7H2,(H,15,16). The second kappa shape index (κ2) is 7.69. The molecule has 1 aromatic rings. The Labute approximate surface area is 105 Å². The normalized spacial score (nSPS) is 9.82. The van der Waals surface area contributed by atoms with Crippen LogP contribution in [0.5, 0.6) is 0 Å². The fraction of sp³-hybridized carbons (Fsp3) is 0.417. The summed E-state index contributed by atoms with van der Waals surface area (Å²) in [5, 5.41) is 18.0. The monoisotopic (exact) mass is 250 g/mol. The molecule has 1 rings (SSSR count). The number of carbonyl (C=O) groups is 1. The summed E-state index contributed by atoms with van der Waals surface area (Å²) in [6, 6.07) is 5.52. The molecule has 0 amide bonds. The van der Waals surface area contributed by atoms with E-state index in [1.165, 1.54) is 0 Å². The Morgan fingerprint density at radius 2 is 2.29 bits per heavy atom. The summed E-state index contributed by atoms with van der Waals surface area (Å²) in [6.45, 7) is 0. The highest BCUT2D eigenvalue weighted by Gasteiger charge is 1.99. The number of aromatic nitrogens is 1. The van der Waals surface area contributed by atoms with E-state index >= 15 is 0 Å². The van der Waals surface area contributed by atoms with Crippen LogP contribution in [0.15, 0.2) is 23.4 Å². The van der Waals surface area contributed by atoms with Gasteiger partial charge in [-0.2, -0.15) is 5.26 Å². The Hall–Kier alpha value is -1.54. The predicted octanol–water partition coefficient (Wildman–Crippen LogP) is 2.69. The van der Waals surface area contributed by atoms with Crippen molar-refractivity contribution in [2.24, 2.45) is 0 Å². The van der Waals surface area contributed by atoms with Crippen molar-refractivity contribution in [1.29, 1.82) is 5.26 Å². The van der Waals surface area contributed by atoms with Crippen molar-refractivity contribution >= 4 is 17.7 Å². The van der Waals surface area contributed by atoms with Gasteiger partial charge in [0.15, 0.2) is 0 Å². The molecule has 1 aromatic heterocycles. The lowest BCUT2D eigenvalue weighted by Crippen LogP contribution is -1.94. The van der Waals surface area contributed by atoms with Crippen LogP contribution in [0.4, 0.5) is 0 Å². The molecule has 1 heterocycles. The van der Waals surface area contributed by atoms with E-state index in [0.717, 1.165) is 30.0 Å². The van der Waals surface area contributed by atoms with Gasteiger partial charge in [-0.3, -0.25) is 4.79 Å². The number of carboxylic acid groups (broad SMARTS) is 1.